The molecule has 0 unspecified atom stereocenters. The lowest BCUT2D eigenvalue weighted by atomic mass is 10.2. The number of hydrogen-bond donors (Lipinski definition) is 0. The van der Waals surface area contributed by atoms with Gasteiger partial charge < -0.3 is 4.74 Å². The van der Waals surface area contributed by atoms with E-state index >= 15 is 0 Å². The minimum atomic E-state index is -0.515. The third kappa shape index (κ3) is 3.87. The van der Waals surface area contributed by atoms with Crippen LogP contribution in [-0.2, 0) is 4.79 Å². The average molecular weight is 337 g/mol. The van der Waals surface area contributed by atoms with E-state index in [1.807, 2.05) is 17.5 Å². The Morgan fingerprint density at radius 2 is 2.16 bits per heavy atom. The number of benzene rings is 1. The topological polar surface area (TPSA) is 43.4 Å². The SMILES string of the molecule is O=Cc1cc(Br)ccc1OC(=O)/C=C/c1cccs1. The summed E-state index contributed by atoms with van der Waals surface area (Å²) in [6.45, 7) is 0. The third-order valence-corrected chi connectivity index (χ3v) is 3.57. The first-order valence-corrected chi connectivity index (χ1v) is 7.04. The molecule has 0 amide bonds. The second kappa shape index (κ2) is 6.45. The number of carbonyl (C=O) groups excluding carboxylic acids is 2. The van der Waals surface area contributed by atoms with Gasteiger partial charge in [0.05, 0.1) is 5.56 Å². The molecule has 1 aromatic carbocycles. The molecule has 0 bridgehead atoms. The van der Waals surface area contributed by atoms with Gasteiger partial charge in [-0.3, -0.25) is 4.79 Å². The number of esters is 1. The van der Waals surface area contributed by atoms with E-state index in [9.17, 15) is 9.59 Å². The molecule has 96 valence electrons. The van der Waals surface area contributed by atoms with E-state index in [1.54, 1.807) is 24.3 Å². The van der Waals surface area contributed by atoms with Crippen molar-refractivity contribution >= 4 is 45.6 Å². The van der Waals surface area contributed by atoms with E-state index in [0.29, 0.717) is 11.8 Å². The summed E-state index contributed by atoms with van der Waals surface area (Å²) in [7, 11) is 0. The van der Waals surface area contributed by atoms with Crippen molar-refractivity contribution in [2.45, 2.75) is 0 Å². The smallest absolute Gasteiger partial charge is 0.336 e. The molecule has 0 saturated carbocycles. The van der Waals surface area contributed by atoms with Gasteiger partial charge in [0.2, 0.25) is 0 Å². The molecule has 3 nitrogen and oxygen atoms in total. The summed E-state index contributed by atoms with van der Waals surface area (Å²) in [4.78, 5) is 23.5. The van der Waals surface area contributed by atoms with Gasteiger partial charge in [-0.2, -0.15) is 0 Å². The number of halogens is 1. The Morgan fingerprint density at radius 1 is 1.32 bits per heavy atom. The summed E-state index contributed by atoms with van der Waals surface area (Å²) >= 11 is 4.77. The number of hydrogen-bond acceptors (Lipinski definition) is 4. The molecule has 1 aromatic heterocycles. The van der Waals surface area contributed by atoms with E-state index in [2.05, 4.69) is 15.9 Å². The van der Waals surface area contributed by atoms with Crippen LogP contribution in [0.1, 0.15) is 15.2 Å². The van der Waals surface area contributed by atoms with Crippen molar-refractivity contribution < 1.29 is 14.3 Å². The van der Waals surface area contributed by atoms with Gasteiger partial charge in [-0.1, -0.05) is 22.0 Å². The summed E-state index contributed by atoms with van der Waals surface area (Å²) in [6, 6.07) is 8.67. The Morgan fingerprint density at radius 3 is 2.84 bits per heavy atom. The van der Waals surface area contributed by atoms with Crippen LogP contribution in [-0.4, -0.2) is 12.3 Å². The molecule has 2 rings (SSSR count). The number of ether oxygens (including phenoxy) is 1. The van der Waals surface area contributed by atoms with E-state index in [0.717, 1.165) is 9.35 Å². The van der Waals surface area contributed by atoms with Crippen molar-refractivity contribution in [3.8, 4) is 5.75 Å². The zero-order valence-corrected chi connectivity index (χ0v) is 12.1. The van der Waals surface area contributed by atoms with Gasteiger partial charge >= 0.3 is 5.97 Å². The summed E-state index contributed by atoms with van der Waals surface area (Å²) in [5, 5.41) is 1.92. The van der Waals surface area contributed by atoms with Crippen molar-refractivity contribution in [2.24, 2.45) is 0 Å². The average Bonchev–Trinajstić information content (AvgIpc) is 2.91. The molecule has 19 heavy (non-hydrogen) atoms. The molecular weight excluding hydrogens is 328 g/mol. The van der Waals surface area contributed by atoms with E-state index in [1.165, 1.54) is 17.4 Å². The highest BCUT2D eigenvalue weighted by Gasteiger charge is 2.07. The largest absolute Gasteiger partial charge is 0.423 e. The molecule has 0 saturated heterocycles. The van der Waals surface area contributed by atoms with Crippen LogP contribution in [0.3, 0.4) is 0 Å². The molecule has 0 aliphatic rings. The maximum Gasteiger partial charge on any atom is 0.336 e. The van der Waals surface area contributed by atoms with Gasteiger partial charge in [0, 0.05) is 15.4 Å². The molecule has 1 heterocycles. The monoisotopic (exact) mass is 336 g/mol. The Labute approximate surface area is 122 Å². The van der Waals surface area contributed by atoms with Crippen molar-refractivity contribution in [3.05, 3.63) is 56.7 Å². The predicted molar refractivity (Wildman–Crippen MR) is 78.5 cm³/mol. The van der Waals surface area contributed by atoms with Gasteiger partial charge in [0.25, 0.3) is 0 Å². The fraction of sp³-hybridized carbons (Fsp3) is 0. The first kappa shape index (κ1) is 13.7. The highest BCUT2D eigenvalue weighted by molar-refractivity contribution is 9.10. The normalized spacial score (nSPS) is 10.6. The predicted octanol–water partition coefficient (Wildman–Crippen LogP) is 3.94. The minimum absolute atomic E-state index is 0.249. The molecule has 0 radical (unpaired) electrons. The fourth-order valence-corrected chi connectivity index (χ4v) is 2.38. The Bertz CT molecular complexity index is 618. The molecule has 0 aliphatic carbocycles. The highest BCUT2D eigenvalue weighted by atomic mass is 79.9. The first-order chi connectivity index (χ1) is 9.19. The van der Waals surface area contributed by atoms with Crippen molar-refractivity contribution in [2.75, 3.05) is 0 Å². The van der Waals surface area contributed by atoms with Crippen LogP contribution in [0.5, 0.6) is 5.75 Å². The van der Waals surface area contributed by atoms with Crippen LogP contribution in [0, 0.1) is 0 Å². The van der Waals surface area contributed by atoms with Crippen molar-refractivity contribution in [3.63, 3.8) is 0 Å². The lowest BCUT2D eigenvalue weighted by Crippen LogP contribution is -2.05. The van der Waals surface area contributed by atoms with Crippen molar-refractivity contribution in [1.82, 2.24) is 0 Å². The molecular formula is C14H9BrO3S. The summed E-state index contributed by atoms with van der Waals surface area (Å²) in [5.41, 5.74) is 0.326. The van der Waals surface area contributed by atoms with Crippen LogP contribution in [0.25, 0.3) is 6.08 Å². The first-order valence-electron chi connectivity index (χ1n) is 5.37. The molecule has 2 aromatic rings. The van der Waals surface area contributed by atoms with Gasteiger partial charge in [0.1, 0.15) is 5.75 Å². The van der Waals surface area contributed by atoms with Crippen LogP contribution in [0.15, 0.2) is 46.3 Å². The Kier molecular flexibility index (Phi) is 4.65. The lowest BCUT2D eigenvalue weighted by Gasteiger charge is -2.04. The minimum Gasteiger partial charge on any atom is -0.423 e. The van der Waals surface area contributed by atoms with Gasteiger partial charge in [-0.15, -0.1) is 11.3 Å². The summed E-state index contributed by atoms with van der Waals surface area (Å²) < 4.78 is 5.87. The molecule has 0 N–H and O–H groups in total. The van der Waals surface area contributed by atoms with E-state index in [4.69, 9.17) is 4.74 Å². The molecule has 0 fully saturated rings. The van der Waals surface area contributed by atoms with Gasteiger partial charge in [-0.05, 0) is 35.7 Å². The fourth-order valence-electron chi connectivity index (χ4n) is 1.38. The Hall–Kier alpha value is -1.72. The van der Waals surface area contributed by atoms with Crippen LogP contribution in [0.2, 0.25) is 0 Å². The zero-order chi connectivity index (χ0) is 13.7. The summed E-state index contributed by atoms with van der Waals surface area (Å²) in [6.07, 6.45) is 3.66. The van der Waals surface area contributed by atoms with Gasteiger partial charge in [0.15, 0.2) is 6.29 Å². The quantitative estimate of drug-likeness (QED) is 0.367. The molecule has 0 aliphatic heterocycles. The standard InChI is InChI=1S/C14H9BrO3S/c15-11-3-5-13(10(8-11)9-16)18-14(17)6-4-12-2-1-7-19-12/h1-9H/b6-4+. The number of rotatable bonds is 4. The highest BCUT2D eigenvalue weighted by Crippen LogP contribution is 2.22. The van der Waals surface area contributed by atoms with Crippen LogP contribution >= 0.6 is 27.3 Å². The van der Waals surface area contributed by atoms with Crippen LogP contribution in [0.4, 0.5) is 0 Å². The lowest BCUT2D eigenvalue weighted by molar-refractivity contribution is -0.128. The second-order valence-corrected chi connectivity index (χ2v) is 5.46. The molecule has 0 atom stereocenters. The second-order valence-electron chi connectivity index (χ2n) is 3.57. The van der Waals surface area contributed by atoms with E-state index in [-0.39, 0.29) is 5.75 Å². The van der Waals surface area contributed by atoms with Crippen molar-refractivity contribution in [1.29, 1.82) is 0 Å². The number of carbonyl (C=O) groups is 2. The third-order valence-electron chi connectivity index (χ3n) is 2.24. The van der Waals surface area contributed by atoms with Crippen LogP contribution < -0.4 is 4.74 Å². The molecule has 0 spiro atoms. The zero-order valence-electron chi connectivity index (χ0n) is 9.71. The van der Waals surface area contributed by atoms with Gasteiger partial charge in [-0.25, -0.2) is 4.79 Å². The number of aldehydes is 1. The number of thiophene rings is 1. The van der Waals surface area contributed by atoms with E-state index < -0.39 is 5.97 Å². The summed E-state index contributed by atoms with van der Waals surface area (Å²) in [5.74, 6) is -0.266. The Balaban J connectivity index is 2.09. The molecule has 5 heteroatoms. The maximum atomic E-state index is 11.6. The maximum absolute atomic E-state index is 11.6.